The zero-order valence-corrected chi connectivity index (χ0v) is 8.80. The maximum atomic E-state index is 12.7. The first-order valence-electron chi connectivity index (χ1n) is 4.67. The van der Waals surface area contributed by atoms with Crippen molar-refractivity contribution in [1.82, 2.24) is 0 Å². The molecule has 1 aromatic rings. The van der Waals surface area contributed by atoms with Crippen LogP contribution in [0.4, 0.5) is 4.39 Å². The van der Waals surface area contributed by atoms with Gasteiger partial charge in [0.25, 0.3) is 0 Å². The van der Waals surface area contributed by atoms with Gasteiger partial charge in [0.2, 0.25) is 0 Å². The number of rotatable bonds is 3. The van der Waals surface area contributed by atoms with E-state index in [9.17, 15) is 9.18 Å². The van der Waals surface area contributed by atoms with Crippen LogP contribution in [0.5, 0.6) is 0 Å². The summed E-state index contributed by atoms with van der Waals surface area (Å²) in [5, 5.41) is 0. The van der Waals surface area contributed by atoms with E-state index in [1.54, 1.807) is 19.1 Å². The maximum absolute atomic E-state index is 12.7. The van der Waals surface area contributed by atoms with Gasteiger partial charge in [-0.1, -0.05) is 26.0 Å². The van der Waals surface area contributed by atoms with Crippen molar-refractivity contribution < 1.29 is 9.18 Å². The fourth-order valence-electron chi connectivity index (χ4n) is 1.63. The fraction of sp³-hybridized carbons (Fsp3) is 0.417. The Bertz CT molecular complexity index is 325. The monoisotopic (exact) mass is 194 g/mol. The van der Waals surface area contributed by atoms with E-state index in [1.165, 1.54) is 12.1 Å². The first kappa shape index (κ1) is 10.9. The van der Waals surface area contributed by atoms with Crippen LogP contribution in [-0.2, 0) is 10.2 Å². The van der Waals surface area contributed by atoms with Gasteiger partial charge in [-0.25, -0.2) is 4.39 Å². The number of hydrogen-bond donors (Lipinski definition) is 0. The van der Waals surface area contributed by atoms with Crippen molar-refractivity contribution in [3.8, 4) is 0 Å². The van der Waals surface area contributed by atoms with E-state index in [4.69, 9.17) is 0 Å². The highest BCUT2D eigenvalue weighted by molar-refractivity contribution is 5.77. The van der Waals surface area contributed by atoms with Gasteiger partial charge in [-0.05, 0) is 30.0 Å². The van der Waals surface area contributed by atoms with Crippen molar-refractivity contribution >= 4 is 5.78 Å². The van der Waals surface area contributed by atoms with Gasteiger partial charge in [0.1, 0.15) is 11.6 Å². The van der Waals surface area contributed by atoms with Crippen molar-refractivity contribution in [2.24, 2.45) is 0 Å². The first-order chi connectivity index (χ1) is 6.42. The van der Waals surface area contributed by atoms with Crippen molar-refractivity contribution in [3.63, 3.8) is 0 Å². The number of hydrogen-bond acceptors (Lipinski definition) is 1. The normalized spacial score (nSPS) is 11.4. The molecule has 0 unspecified atom stereocenters. The third kappa shape index (κ3) is 2.66. The Morgan fingerprint density at radius 2 is 1.79 bits per heavy atom. The van der Waals surface area contributed by atoms with E-state index in [0.29, 0.717) is 6.42 Å². The number of halogens is 1. The summed E-state index contributed by atoms with van der Waals surface area (Å²) in [4.78, 5) is 11.0. The van der Waals surface area contributed by atoms with Gasteiger partial charge in [0, 0.05) is 6.42 Å². The molecule has 2 heteroatoms. The number of benzene rings is 1. The van der Waals surface area contributed by atoms with Crippen LogP contribution in [0.1, 0.15) is 32.8 Å². The molecule has 0 aromatic heterocycles. The van der Waals surface area contributed by atoms with Crippen LogP contribution >= 0.6 is 0 Å². The minimum atomic E-state index is -0.243. The van der Waals surface area contributed by atoms with Crippen molar-refractivity contribution in [2.45, 2.75) is 32.6 Å². The van der Waals surface area contributed by atoms with Gasteiger partial charge in [-0.3, -0.25) is 4.79 Å². The Morgan fingerprint density at radius 1 is 1.29 bits per heavy atom. The molecule has 0 aliphatic rings. The number of carbonyl (C=O) groups excluding carboxylic acids is 1. The second-order valence-electron chi connectivity index (χ2n) is 4.27. The lowest BCUT2D eigenvalue weighted by Gasteiger charge is -2.23. The summed E-state index contributed by atoms with van der Waals surface area (Å²) in [7, 11) is 0. The molecule has 0 radical (unpaired) electrons. The van der Waals surface area contributed by atoms with Crippen LogP contribution in [-0.4, -0.2) is 5.78 Å². The smallest absolute Gasteiger partial charge is 0.130 e. The second-order valence-corrected chi connectivity index (χ2v) is 4.27. The molecule has 0 aliphatic heterocycles. The molecular formula is C12H15FO. The molecule has 0 saturated heterocycles. The Hall–Kier alpha value is -1.18. The third-order valence-corrected chi connectivity index (χ3v) is 2.32. The summed E-state index contributed by atoms with van der Waals surface area (Å²) in [6.07, 6.45) is 0.485. The van der Waals surface area contributed by atoms with E-state index >= 15 is 0 Å². The molecule has 1 rings (SSSR count). The van der Waals surface area contributed by atoms with Gasteiger partial charge < -0.3 is 0 Å². The van der Waals surface area contributed by atoms with E-state index in [2.05, 4.69) is 0 Å². The minimum absolute atomic E-state index is 0.152. The molecule has 0 amide bonds. The van der Waals surface area contributed by atoms with Crippen LogP contribution < -0.4 is 0 Å². The highest BCUT2D eigenvalue weighted by Crippen LogP contribution is 2.27. The lowest BCUT2D eigenvalue weighted by Crippen LogP contribution is -2.20. The minimum Gasteiger partial charge on any atom is -0.300 e. The lowest BCUT2D eigenvalue weighted by molar-refractivity contribution is -0.118. The van der Waals surface area contributed by atoms with E-state index in [-0.39, 0.29) is 17.0 Å². The second kappa shape index (κ2) is 3.91. The summed E-state index contributed by atoms with van der Waals surface area (Å²) in [6.45, 7) is 5.55. The summed E-state index contributed by atoms with van der Waals surface area (Å²) >= 11 is 0. The van der Waals surface area contributed by atoms with Gasteiger partial charge in [0.05, 0.1) is 0 Å². The predicted molar refractivity (Wildman–Crippen MR) is 54.7 cm³/mol. The van der Waals surface area contributed by atoms with E-state index in [0.717, 1.165) is 5.56 Å². The van der Waals surface area contributed by atoms with Crippen molar-refractivity contribution in [3.05, 3.63) is 35.6 Å². The first-order valence-corrected chi connectivity index (χ1v) is 4.67. The summed E-state index contributed by atoms with van der Waals surface area (Å²) in [5.74, 6) is -0.0910. The molecule has 0 N–H and O–H groups in total. The van der Waals surface area contributed by atoms with E-state index in [1.807, 2.05) is 13.8 Å². The highest BCUT2D eigenvalue weighted by Gasteiger charge is 2.22. The molecule has 1 nitrogen and oxygen atoms in total. The zero-order chi connectivity index (χ0) is 10.8. The van der Waals surface area contributed by atoms with Gasteiger partial charge in [0.15, 0.2) is 0 Å². The zero-order valence-electron chi connectivity index (χ0n) is 8.80. The average Bonchev–Trinajstić information content (AvgIpc) is 2.02. The van der Waals surface area contributed by atoms with Crippen LogP contribution in [0.15, 0.2) is 24.3 Å². The highest BCUT2D eigenvalue weighted by atomic mass is 19.1. The Morgan fingerprint density at radius 3 is 2.21 bits per heavy atom. The summed E-state index contributed by atoms with van der Waals surface area (Å²) < 4.78 is 12.7. The third-order valence-electron chi connectivity index (χ3n) is 2.32. The molecule has 0 heterocycles. The topological polar surface area (TPSA) is 17.1 Å². The lowest BCUT2D eigenvalue weighted by atomic mass is 9.80. The van der Waals surface area contributed by atoms with Gasteiger partial charge in [-0.2, -0.15) is 0 Å². The van der Waals surface area contributed by atoms with Crippen molar-refractivity contribution in [2.75, 3.05) is 0 Å². The molecule has 1 aromatic carbocycles. The molecule has 0 bridgehead atoms. The molecule has 14 heavy (non-hydrogen) atoms. The predicted octanol–water partition coefficient (Wildman–Crippen LogP) is 3.08. The van der Waals surface area contributed by atoms with Crippen LogP contribution in [0, 0.1) is 5.82 Å². The number of ketones is 1. The quantitative estimate of drug-likeness (QED) is 0.722. The van der Waals surface area contributed by atoms with Gasteiger partial charge >= 0.3 is 0 Å². The van der Waals surface area contributed by atoms with Crippen LogP contribution in [0.2, 0.25) is 0 Å². The largest absolute Gasteiger partial charge is 0.300 e. The molecule has 76 valence electrons. The SMILES string of the molecule is CC(=O)CC(C)(C)c1ccc(F)cc1. The summed E-state index contributed by atoms with van der Waals surface area (Å²) in [5.41, 5.74) is 0.786. The fourth-order valence-corrected chi connectivity index (χ4v) is 1.63. The number of carbonyl (C=O) groups is 1. The average molecular weight is 194 g/mol. The Labute approximate surface area is 83.9 Å². The molecule has 0 fully saturated rings. The molecular weight excluding hydrogens is 179 g/mol. The molecule has 0 saturated carbocycles. The Balaban J connectivity index is 2.91. The molecule has 0 aliphatic carbocycles. The van der Waals surface area contributed by atoms with E-state index < -0.39 is 0 Å². The Kier molecular flexibility index (Phi) is 3.04. The van der Waals surface area contributed by atoms with Gasteiger partial charge in [-0.15, -0.1) is 0 Å². The molecule has 0 spiro atoms. The summed E-state index contributed by atoms with van der Waals surface area (Å²) in [6, 6.07) is 6.32. The maximum Gasteiger partial charge on any atom is 0.130 e. The van der Waals surface area contributed by atoms with Crippen LogP contribution in [0.3, 0.4) is 0 Å². The van der Waals surface area contributed by atoms with Crippen molar-refractivity contribution in [1.29, 1.82) is 0 Å². The van der Waals surface area contributed by atoms with Crippen LogP contribution in [0.25, 0.3) is 0 Å². The standard InChI is InChI=1S/C12H15FO/c1-9(14)8-12(2,3)10-4-6-11(13)7-5-10/h4-7H,8H2,1-3H3. The number of Topliss-reactive ketones (excluding diaryl/α,β-unsaturated/α-hetero) is 1. The molecule has 0 atom stereocenters.